The molecule has 6 nitrogen and oxygen atoms in total. The first-order valence-corrected chi connectivity index (χ1v) is 4.64. The minimum atomic E-state index is -0.844. The fourth-order valence-corrected chi connectivity index (χ4v) is 1.50. The standard InChI is InChI=1S/C9H11N3O3/c13-9(14)7-3-6(4-11-7)15-8-1-2-10-5-12-8/h1-2,5-7,11H,3-4H2,(H,13,14). The Bertz CT molecular complexity index is 344. The summed E-state index contributed by atoms with van der Waals surface area (Å²) in [6.45, 7) is 0.529. The molecule has 80 valence electrons. The molecule has 2 N–H and O–H groups in total. The van der Waals surface area contributed by atoms with E-state index in [1.807, 2.05) is 0 Å². The first-order chi connectivity index (χ1) is 7.25. The van der Waals surface area contributed by atoms with E-state index in [9.17, 15) is 4.79 Å². The van der Waals surface area contributed by atoms with Crippen LogP contribution in [0.4, 0.5) is 0 Å². The molecule has 2 heterocycles. The minimum Gasteiger partial charge on any atom is -0.480 e. The second kappa shape index (κ2) is 4.22. The Morgan fingerprint density at radius 3 is 3.13 bits per heavy atom. The first kappa shape index (κ1) is 9.85. The van der Waals surface area contributed by atoms with Crippen LogP contribution < -0.4 is 10.1 Å². The summed E-state index contributed by atoms with van der Waals surface area (Å²) in [5, 5.41) is 11.6. The van der Waals surface area contributed by atoms with Crippen LogP contribution in [0.2, 0.25) is 0 Å². The maximum Gasteiger partial charge on any atom is 0.320 e. The van der Waals surface area contributed by atoms with E-state index in [0.717, 1.165) is 0 Å². The Morgan fingerprint density at radius 2 is 2.53 bits per heavy atom. The number of hydrogen-bond donors (Lipinski definition) is 2. The SMILES string of the molecule is O=C(O)C1CC(Oc2ccncn2)CN1. The molecule has 1 aromatic heterocycles. The van der Waals surface area contributed by atoms with E-state index in [2.05, 4.69) is 15.3 Å². The number of carbonyl (C=O) groups is 1. The summed E-state index contributed by atoms with van der Waals surface area (Å²) in [5.74, 6) is -0.369. The van der Waals surface area contributed by atoms with E-state index < -0.39 is 12.0 Å². The third-order valence-corrected chi connectivity index (χ3v) is 2.23. The van der Waals surface area contributed by atoms with Gasteiger partial charge in [-0.2, -0.15) is 0 Å². The lowest BCUT2D eigenvalue weighted by Gasteiger charge is -2.10. The van der Waals surface area contributed by atoms with Crippen molar-refractivity contribution in [1.82, 2.24) is 15.3 Å². The molecule has 0 saturated carbocycles. The van der Waals surface area contributed by atoms with Crippen molar-refractivity contribution < 1.29 is 14.6 Å². The van der Waals surface area contributed by atoms with E-state index in [1.54, 1.807) is 12.3 Å². The lowest BCUT2D eigenvalue weighted by atomic mass is 10.2. The topological polar surface area (TPSA) is 84.3 Å². The Hall–Kier alpha value is -1.69. The summed E-state index contributed by atoms with van der Waals surface area (Å²) >= 11 is 0. The van der Waals surface area contributed by atoms with Gasteiger partial charge in [-0.15, -0.1) is 0 Å². The number of hydrogen-bond acceptors (Lipinski definition) is 5. The maximum atomic E-state index is 10.7. The molecule has 1 fully saturated rings. The van der Waals surface area contributed by atoms with E-state index in [4.69, 9.17) is 9.84 Å². The van der Waals surface area contributed by atoms with Gasteiger partial charge in [0.25, 0.3) is 0 Å². The molecule has 15 heavy (non-hydrogen) atoms. The Morgan fingerprint density at radius 1 is 1.67 bits per heavy atom. The molecule has 0 spiro atoms. The van der Waals surface area contributed by atoms with Crippen molar-refractivity contribution in [2.45, 2.75) is 18.6 Å². The lowest BCUT2D eigenvalue weighted by molar-refractivity contribution is -0.139. The molecule has 1 aliphatic heterocycles. The monoisotopic (exact) mass is 209 g/mol. The molecule has 0 amide bonds. The van der Waals surface area contributed by atoms with Crippen LogP contribution in [-0.2, 0) is 4.79 Å². The number of nitrogens with zero attached hydrogens (tertiary/aromatic N) is 2. The Balaban J connectivity index is 1.90. The Labute approximate surface area is 86.3 Å². The normalized spacial score (nSPS) is 25.1. The molecule has 2 atom stereocenters. The molecule has 0 radical (unpaired) electrons. The summed E-state index contributed by atoms with van der Waals surface area (Å²) in [5.41, 5.74) is 0. The second-order valence-corrected chi connectivity index (χ2v) is 3.32. The first-order valence-electron chi connectivity index (χ1n) is 4.64. The average Bonchev–Trinajstić information content (AvgIpc) is 2.68. The van der Waals surface area contributed by atoms with Gasteiger partial charge in [-0.1, -0.05) is 0 Å². The second-order valence-electron chi connectivity index (χ2n) is 3.32. The molecule has 1 aliphatic rings. The third kappa shape index (κ3) is 2.41. The van der Waals surface area contributed by atoms with Gasteiger partial charge < -0.3 is 15.2 Å². The van der Waals surface area contributed by atoms with Gasteiger partial charge in [-0.3, -0.25) is 4.79 Å². The highest BCUT2D eigenvalue weighted by atomic mass is 16.5. The number of nitrogens with one attached hydrogen (secondary N) is 1. The van der Waals surface area contributed by atoms with E-state index >= 15 is 0 Å². The van der Waals surface area contributed by atoms with Crippen molar-refractivity contribution in [3.05, 3.63) is 18.6 Å². The zero-order valence-corrected chi connectivity index (χ0v) is 7.96. The van der Waals surface area contributed by atoms with Gasteiger partial charge in [0, 0.05) is 25.2 Å². The van der Waals surface area contributed by atoms with Gasteiger partial charge >= 0.3 is 5.97 Å². The number of carboxylic acid groups (broad SMARTS) is 1. The highest BCUT2D eigenvalue weighted by Gasteiger charge is 2.30. The molecule has 2 unspecified atom stereocenters. The van der Waals surface area contributed by atoms with Crippen molar-refractivity contribution in [2.24, 2.45) is 0 Å². The fourth-order valence-electron chi connectivity index (χ4n) is 1.50. The van der Waals surface area contributed by atoms with Crippen molar-refractivity contribution in [2.75, 3.05) is 6.54 Å². The molecule has 6 heteroatoms. The van der Waals surface area contributed by atoms with Gasteiger partial charge in [-0.25, -0.2) is 9.97 Å². The van der Waals surface area contributed by atoms with Gasteiger partial charge in [-0.05, 0) is 0 Å². The zero-order chi connectivity index (χ0) is 10.7. The molecular formula is C9H11N3O3. The molecule has 0 aromatic carbocycles. The molecular weight excluding hydrogens is 198 g/mol. The smallest absolute Gasteiger partial charge is 0.320 e. The van der Waals surface area contributed by atoms with Crippen LogP contribution in [0.1, 0.15) is 6.42 Å². The molecule has 2 rings (SSSR count). The van der Waals surface area contributed by atoms with Crippen LogP contribution in [0.5, 0.6) is 5.88 Å². The maximum absolute atomic E-state index is 10.7. The zero-order valence-electron chi connectivity index (χ0n) is 7.96. The largest absolute Gasteiger partial charge is 0.480 e. The van der Waals surface area contributed by atoms with E-state index in [0.29, 0.717) is 18.8 Å². The number of ether oxygens (including phenoxy) is 1. The van der Waals surface area contributed by atoms with Crippen molar-refractivity contribution in [3.63, 3.8) is 0 Å². The predicted molar refractivity (Wildman–Crippen MR) is 50.5 cm³/mol. The van der Waals surface area contributed by atoms with Gasteiger partial charge in [0.05, 0.1) is 0 Å². The van der Waals surface area contributed by atoms with Crippen LogP contribution in [0.15, 0.2) is 18.6 Å². The molecule has 1 saturated heterocycles. The van der Waals surface area contributed by atoms with E-state index in [-0.39, 0.29) is 6.10 Å². The average molecular weight is 209 g/mol. The fraction of sp³-hybridized carbons (Fsp3) is 0.444. The lowest BCUT2D eigenvalue weighted by Crippen LogP contribution is -2.30. The third-order valence-electron chi connectivity index (χ3n) is 2.23. The summed E-state index contributed by atoms with van der Waals surface area (Å²) in [6, 6.07) is 1.13. The van der Waals surface area contributed by atoms with Crippen LogP contribution in [0.25, 0.3) is 0 Å². The number of rotatable bonds is 3. The number of aromatic nitrogens is 2. The van der Waals surface area contributed by atoms with Crippen molar-refractivity contribution in [3.8, 4) is 5.88 Å². The Kier molecular flexibility index (Phi) is 2.77. The highest BCUT2D eigenvalue weighted by Crippen LogP contribution is 2.13. The summed E-state index contributed by atoms with van der Waals surface area (Å²) < 4.78 is 5.48. The highest BCUT2D eigenvalue weighted by molar-refractivity contribution is 5.73. The summed E-state index contributed by atoms with van der Waals surface area (Å²) in [6.07, 6.45) is 3.30. The minimum absolute atomic E-state index is 0.138. The summed E-state index contributed by atoms with van der Waals surface area (Å²) in [7, 11) is 0. The number of aliphatic carboxylic acids is 1. The molecule has 0 aliphatic carbocycles. The molecule has 0 bridgehead atoms. The predicted octanol–water partition coefficient (Wildman–Crippen LogP) is -0.329. The van der Waals surface area contributed by atoms with Gasteiger partial charge in [0.15, 0.2) is 0 Å². The van der Waals surface area contributed by atoms with Crippen LogP contribution >= 0.6 is 0 Å². The van der Waals surface area contributed by atoms with Crippen molar-refractivity contribution >= 4 is 5.97 Å². The molecule has 1 aromatic rings. The summed E-state index contributed by atoms with van der Waals surface area (Å²) in [4.78, 5) is 18.3. The quantitative estimate of drug-likeness (QED) is 0.709. The van der Waals surface area contributed by atoms with Crippen LogP contribution in [0, 0.1) is 0 Å². The number of carboxylic acids is 1. The van der Waals surface area contributed by atoms with Gasteiger partial charge in [0.2, 0.25) is 5.88 Å². The van der Waals surface area contributed by atoms with Crippen LogP contribution in [0.3, 0.4) is 0 Å². The van der Waals surface area contributed by atoms with Crippen LogP contribution in [-0.4, -0.2) is 39.7 Å². The van der Waals surface area contributed by atoms with E-state index in [1.165, 1.54) is 6.33 Å². The van der Waals surface area contributed by atoms with Crippen molar-refractivity contribution in [1.29, 1.82) is 0 Å². The van der Waals surface area contributed by atoms with Gasteiger partial charge in [0.1, 0.15) is 18.5 Å².